The highest BCUT2D eigenvalue weighted by Crippen LogP contribution is 2.60. The first kappa shape index (κ1) is 16.8. The van der Waals surface area contributed by atoms with Crippen molar-refractivity contribution < 1.29 is 14.3 Å². The number of carbonyl (C=O) groups excluding carboxylic acids is 2. The monoisotopic (exact) mass is 321 g/mol. The van der Waals surface area contributed by atoms with Gasteiger partial charge in [0.1, 0.15) is 0 Å². The Morgan fingerprint density at radius 3 is 2.09 bits per heavy atom. The van der Waals surface area contributed by atoms with Gasteiger partial charge in [0, 0.05) is 12.6 Å². The maximum absolute atomic E-state index is 13.5. The Labute approximate surface area is 139 Å². The van der Waals surface area contributed by atoms with Crippen LogP contribution in [0.25, 0.3) is 0 Å². The van der Waals surface area contributed by atoms with Gasteiger partial charge in [-0.1, -0.05) is 6.92 Å². The average molecular weight is 321 g/mol. The van der Waals surface area contributed by atoms with Gasteiger partial charge in [-0.3, -0.25) is 9.59 Å². The molecule has 0 aromatic carbocycles. The Morgan fingerprint density at radius 1 is 1.13 bits per heavy atom. The summed E-state index contributed by atoms with van der Waals surface area (Å²) in [6.45, 7) is 4.72. The van der Waals surface area contributed by atoms with Crippen LogP contribution in [0, 0.1) is 23.2 Å². The summed E-state index contributed by atoms with van der Waals surface area (Å²) in [4.78, 5) is 27.0. The van der Waals surface area contributed by atoms with Gasteiger partial charge in [-0.2, -0.15) is 0 Å². The fourth-order valence-corrected chi connectivity index (χ4v) is 5.73. The van der Waals surface area contributed by atoms with Crippen LogP contribution in [0.1, 0.15) is 65.2 Å². The van der Waals surface area contributed by atoms with Crippen LogP contribution in [0.4, 0.5) is 0 Å². The maximum Gasteiger partial charge on any atom is 0.307 e. The number of ether oxygens (including phenoxy) is 1. The van der Waals surface area contributed by atoms with Crippen molar-refractivity contribution in [3.8, 4) is 0 Å². The average Bonchev–Trinajstić information content (AvgIpc) is 2.52. The van der Waals surface area contributed by atoms with E-state index in [0.717, 1.165) is 43.4 Å². The van der Waals surface area contributed by atoms with E-state index < -0.39 is 0 Å². The number of hydrogen-bond acceptors (Lipinski definition) is 3. The minimum atomic E-state index is -0.225. The second kappa shape index (κ2) is 6.45. The molecule has 0 radical (unpaired) electrons. The Hall–Kier alpha value is -1.06. The third-order valence-corrected chi connectivity index (χ3v) is 6.66. The quantitative estimate of drug-likeness (QED) is 0.705. The SMILES string of the molecule is CCC(C)N(CCC(=O)OC)C(=O)C12CC3CC(CC(C3)C1)C2. The molecule has 4 aliphatic rings. The van der Waals surface area contributed by atoms with Gasteiger partial charge in [0.2, 0.25) is 5.91 Å². The van der Waals surface area contributed by atoms with Gasteiger partial charge in [-0.25, -0.2) is 0 Å². The summed E-state index contributed by atoms with van der Waals surface area (Å²) >= 11 is 0. The highest BCUT2D eigenvalue weighted by atomic mass is 16.5. The van der Waals surface area contributed by atoms with Crippen LogP contribution in [0.3, 0.4) is 0 Å². The van der Waals surface area contributed by atoms with Crippen LogP contribution in [-0.2, 0) is 14.3 Å². The first-order valence-electron chi connectivity index (χ1n) is 9.35. The molecule has 1 atom stereocenters. The summed E-state index contributed by atoms with van der Waals surface area (Å²) < 4.78 is 4.77. The topological polar surface area (TPSA) is 46.6 Å². The van der Waals surface area contributed by atoms with Crippen LogP contribution in [0.2, 0.25) is 0 Å². The van der Waals surface area contributed by atoms with E-state index in [1.54, 1.807) is 0 Å². The molecule has 4 heteroatoms. The fraction of sp³-hybridized carbons (Fsp3) is 0.895. The first-order valence-corrected chi connectivity index (χ1v) is 9.35. The van der Waals surface area contributed by atoms with E-state index in [1.807, 2.05) is 4.90 Å². The second-order valence-electron chi connectivity index (χ2n) is 8.28. The molecule has 0 heterocycles. The molecule has 4 bridgehead atoms. The predicted octanol–water partition coefficient (Wildman–Crippen LogP) is 3.39. The van der Waals surface area contributed by atoms with Gasteiger partial charge in [0.05, 0.1) is 18.9 Å². The van der Waals surface area contributed by atoms with Crippen molar-refractivity contribution in [3.63, 3.8) is 0 Å². The molecule has 4 aliphatic carbocycles. The molecule has 0 aromatic rings. The van der Waals surface area contributed by atoms with Crippen molar-refractivity contribution in [1.82, 2.24) is 4.90 Å². The molecule has 0 saturated heterocycles. The van der Waals surface area contributed by atoms with E-state index in [9.17, 15) is 9.59 Å². The van der Waals surface area contributed by atoms with Crippen LogP contribution < -0.4 is 0 Å². The molecule has 4 nitrogen and oxygen atoms in total. The molecular formula is C19H31NO3. The van der Waals surface area contributed by atoms with E-state index in [-0.39, 0.29) is 17.4 Å². The van der Waals surface area contributed by atoms with Crippen molar-refractivity contribution >= 4 is 11.9 Å². The number of methoxy groups -OCH3 is 1. The highest BCUT2D eigenvalue weighted by molar-refractivity contribution is 5.84. The molecule has 23 heavy (non-hydrogen) atoms. The minimum absolute atomic E-state index is 0.117. The minimum Gasteiger partial charge on any atom is -0.469 e. The molecule has 0 N–H and O–H groups in total. The van der Waals surface area contributed by atoms with Gasteiger partial charge in [-0.05, 0) is 69.6 Å². The molecule has 130 valence electrons. The third-order valence-electron chi connectivity index (χ3n) is 6.66. The summed E-state index contributed by atoms with van der Waals surface area (Å²) in [5.41, 5.74) is -0.117. The number of amides is 1. The fourth-order valence-electron chi connectivity index (χ4n) is 5.73. The lowest BCUT2D eigenvalue weighted by atomic mass is 9.49. The van der Waals surface area contributed by atoms with Crippen molar-refractivity contribution in [2.45, 2.75) is 71.3 Å². The summed E-state index contributed by atoms with van der Waals surface area (Å²) in [7, 11) is 1.41. The number of carbonyl (C=O) groups is 2. The molecule has 0 spiro atoms. The smallest absolute Gasteiger partial charge is 0.307 e. The molecule has 0 aromatic heterocycles. The first-order chi connectivity index (χ1) is 11.0. The Bertz CT molecular complexity index is 438. The zero-order valence-corrected chi connectivity index (χ0v) is 14.8. The van der Waals surface area contributed by atoms with Crippen molar-refractivity contribution in [3.05, 3.63) is 0 Å². The summed E-state index contributed by atoms with van der Waals surface area (Å²) in [6.07, 6.45) is 8.53. The second-order valence-corrected chi connectivity index (χ2v) is 8.28. The predicted molar refractivity (Wildman–Crippen MR) is 88.7 cm³/mol. The normalized spacial score (nSPS) is 35.9. The number of nitrogens with zero attached hydrogens (tertiary/aromatic N) is 1. The standard InChI is InChI=1S/C19H31NO3/c1-4-13(2)20(6-5-17(21)23-3)18(22)19-10-14-7-15(11-19)9-16(8-14)12-19/h13-16H,4-12H2,1-3H3. The number of esters is 1. The Kier molecular flexibility index (Phi) is 4.70. The Morgan fingerprint density at radius 2 is 1.65 bits per heavy atom. The third kappa shape index (κ3) is 3.14. The largest absolute Gasteiger partial charge is 0.469 e. The van der Waals surface area contributed by atoms with Crippen LogP contribution in [-0.4, -0.2) is 36.5 Å². The van der Waals surface area contributed by atoms with Crippen molar-refractivity contribution in [2.24, 2.45) is 23.2 Å². The van der Waals surface area contributed by atoms with Gasteiger partial charge in [0.25, 0.3) is 0 Å². The molecule has 4 rings (SSSR count). The number of hydrogen-bond donors (Lipinski definition) is 0. The highest BCUT2D eigenvalue weighted by Gasteiger charge is 2.55. The molecule has 1 amide bonds. The van der Waals surface area contributed by atoms with E-state index >= 15 is 0 Å². The lowest BCUT2D eigenvalue weighted by Crippen LogP contribution is -2.56. The van der Waals surface area contributed by atoms with Gasteiger partial charge in [-0.15, -0.1) is 0 Å². The van der Waals surface area contributed by atoms with Crippen LogP contribution in [0.5, 0.6) is 0 Å². The number of rotatable bonds is 6. The van der Waals surface area contributed by atoms with E-state index in [0.29, 0.717) is 18.9 Å². The summed E-state index contributed by atoms with van der Waals surface area (Å²) in [6, 6.07) is 0.195. The molecule has 1 unspecified atom stereocenters. The molecule has 4 saturated carbocycles. The van der Waals surface area contributed by atoms with Crippen LogP contribution >= 0.6 is 0 Å². The zero-order chi connectivity index (χ0) is 16.6. The van der Waals surface area contributed by atoms with E-state index in [4.69, 9.17) is 4.74 Å². The lowest BCUT2D eigenvalue weighted by molar-refractivity contribution is -0.160. The van der Waals surface area contributed by atoms with Gasteiger partial charge in [0.15, 0.2) is 0 Å². The van der Waals surface area contributed by atoms with Crippen molar-refractivity contribution in [1.29, 1.82) is 0 Å². The molecular weight excluding hydrogens is 290 g/mol. The van der Waals surface area contributed by atoms with E-state index in [2.05, 4.69) is 13.8 Å². The molecule has 0 aliphatic heterocycles. The summed E-state index contributed by atoms with van der Waals surface area (Å²) in [5.74, 6) is 2.41. The lowest BCUT2D eigenvalue weighted by Gasteiger charge is -2.57. The molecule has 4 fully saturated rings. The zero-order valence-electron chi connectivity index (χ0n) is 14.8. The van der Waals surface area contributed by atoms with Gasteiger partial charge >= 0.3 is 5.97 Å². The Balaban J connectivity index is 1.76. The van der Waals surface area contributed by atoms with Crippen molar-refractivity contribution in [2.75, 3.05) is 13.7 Å². The summed E-state index contributed by atoms with van der Waals surface area (Å²) in [5, 5.41) is 0. The van der Waals surface area contributed by atoms with E-state index in [1.165, 1.54) is 26.4 Å². The van der Waals surface area contributed by atoms with Crippen LogP contribution in [0.15, 0.2) is 0 Å². The van der Waals surface area contributed by atoms with Gasteiger partial charge < -0.3 is 9.64 Å². The maximum atomic E-state index is 13.5.